The van der Waals surface area contributed by atoms with Gasteiger partial charge in [-0.25, -0.2) is 0 Å². The van der Waals surface area contributed by atoms with Crippen molar-refractivity contribution in [3.63, 3.8) is 0 Å². The summed E-state index contributed by atoms with van der Waals surface area (Å²) >= 11 is 20.4. The Balaban J connectivity index is 2.16. The fraction of sp³-hybridized carbons (Fsp3) is 0.273. The summed E-state index contributed by atoms with van der Waals surface area (Å²) in [5.74, 6) is -4.98. The lowest BCUT2D eigenvalue weighted by molar-refractivity contribution is -0.257. The summed E-state index contributed by atoms with van der Waals surface area (Å²) in [5.41, 5.74) is -0.355. The summed E-state index contributed by atoms with van der Waals surface area (Å²) in [6, 6.07) is 1.39. The number of halogens is 13. The first-order valence-corrected chi connectivity index (χ1v) is 12.0. The lowest BCUT2D eigenvalue weighted by Crippen LogP contribution is -2.56. The van der Waals surface area contributed by atoms with Crippen LogP contribution < -0.4 is 10.6 Å². The number of allylic oxidation sites excluding steroid dienone is 1. The summed E-state index contributed by atoms with van der Waals surface area (Å²) in [6.45, 7) is -1.23. The number of nitrogens with one attached hydrogen (secondary N) is 2. The maximum absolute atomic E-state index is 13.7. The van der Waals surface area contributed by atoms with Crippen molar-refractivity contribution in [2.24, 2.45) is 0 Å². The van der Waals surface area contributed by atoms with Gasteiger partial charge in [-0.3, -0.25) is 9.59 Å². The normalized spacial score (nSPS) is 13.6. The van der Waals surface area contributed by atoms with Crippen molar-refractivity contribution in [2.75, 3.05) is 6.54 Å². The first-order chi connectivity index (χ1) is 17.7. The van der Waals surface area contributed by atoms with Gasteiger partial charge in [0.1, 0.15) is 0 Å². The van der Waals surface area contributed by atoms with Crippen LogP contribution in [0, 0.1) is 0 Å². The van der Waals surface area contributed by atoms with Crippen molar-refractivity contribution in [3.05, 3.63) is 72.6 Å². The molecular weight excluding hydrogens is 681 g/mol. The Morgan fingerprint density at radius 3 is 1.87 bits per heavy atom. The number of amides is 2. The molecule has 0 radical (unpaired) electrons. The van der Waals surface area contributed by atoms with E-state index in [0.29, 0.717) is 0 Å². The second kappa shape index (κ2) is 12.6. The molecular formula is C22H13BrCl3F9N2O2. The molecule has 0 aromatic heterocycles. The van der Waals surface area contributed by atoms with Gasteiger partial charge in [-0.15, -0.1) is 0 Å². The molecule has 0 fully saturated rings. The highest BCUT2D eigenvalue weighted by molar-refractivity contribution is 9.10. The molecule has 0 heterocycles. The Labute approximate surface area is 237 Å². The first-order valence-electron chi connectivity index (χ1n) is 10.1. The zero-order valence-electron chi connectivity index (χ0n) is 18.6. The van der Waals surface area contributed by atoms with Gasteiger partial charge in [0.2, 0.25) is 11.9 Å². The number of benzene rings is 2. The van der Waals surface area contributed by atoms with Gasteiger partial charge in [0.05, 0.1) is 33.1 Å². The topological polar surface area (TPSA) is 58.2 Å². The Kier molecular flexibility index (Phi) is 10.6. The molecule has 2 aromatic rings. The SMILES string of the molecule is O=C(CNC(=O)c1ccc(/C=C/C(c2cc(Cl)c(Cl)c(Cl)c2)C(F)(F)F)cc1Br)NC(C(F)(F)F)C(F)(F)F. The van der Waals surface area contributed by atoms with Gasteiger partial charge in [0.15, 0.2) is 0 Å². The van der Waals surface area contributed by atoms with E-state index in [0.717, 1.165) is 35.7 Å². The van der Waals surface area contributed by atoms with Gasteiger partial charge in [-0.2, -0.15) is 39.5 Å². The van der Waals surface area contributed by atoms with Crippen molar-refractivity contribution in [1.29, 1.82) is 0 Å². The van der Waals surface area contributed by atoms with Crippen LogP contribution in [0.15, 0.2) is 40.9 Å². The van der Waals surface area contributed by atoms with E-state index in [2.05, 4.69) is 15.9 Å². The molecule has 39 heavy (non-hydrogen) atoms. The van der Waals surface area contributed by atoms with Gasteiger partial charge < -0.3 is 10.6 Å². The molecule has 4 nitrogen and oxygen atoms in total. The summed E-state index contributed by atoms with van der Waals surface area (Å²) in [7, 11) is 0. The van der Waals surface area contributed by atoms with Crippen molar-refractivity contribution in [3.8, 4) is 0 Å². The highest BCUT2D eigenvalue weighted by Gasteiger charge is 2.57. The molecule has 214 valence electrons. The zero-order valence-corrected chi connectivity index (χ0v) is 22.5. The van der Waals surface area contributed by atoms with Gasteiger partial charge in [-0.05, 0) is 51.3 Å². The highest BCUT2D eigenvalue weighted by Crippen LogP contribution is 2.41. The van der Waals surface area contributed by atoms with E-state index in [9.17, 15) is 49.1 Å². The molecule has 1 atom stereocenters. The predicted octanol–water partition coefficient (Wildman–Crippen LogP) is 8.11. The monoisotopic (exact) mass is 692 g/mol. The van der Waals surface area contributed by atoms with Crippen LogP contribution in [0.4, 0.5) is 39.5 Å². The third-order valence-corrected chi connectivity index (χ3v) is 6.66. The van der Waals surface area contributed by atoms with Gasteiger partial charge in [-0.1, -0.05) is 53.0 Å². The molecule has 17 heteroatoms. The van der Waals surface area contributed by atoms with Gasteiger partial charge in [0, 0.05) is 4.47 Å². The maximum atomic E-state index is 13.7. The van der Waals surface area contributed by atoms with Gasteiger partial charge in [0.25, 0.3) is 5.91 Å². The van der Waals surface area contributed by atoms with Crippen LogP contribution in [-0.2, 0) is 4.79 Å². The van der Waals surface area contributed by atoms with E-state index in [4.69, 9.17) is 34.8 Å². The van der Waals surface area contributed by atoms with E-state index in [1.165, 1.54) is 12.1 Å². The van der Waals surface area contributed by atoms with Crippen LogP contribution in [0.25, 0.3) is 6.08 Å². The standard InChI is InChI=1S/C22H13BrCl3F9N2O2/c23-13-5-9(2-4-12(20(27,28)29)10-6-14(24)17(26)15(25)7-10)1-3-11(13)18(39)36-8-16(38)37-19(21(30,31)32)22(33,34)35/h1-7,12,19H,8H2,(H,36,39)(H,37,38)/b4-2+. The predicted molar refractivity (Wildman–Crippen MR) is 130 cm³/mol. The van der Waals surface area contributed by atoms with Crippen LogP contribution in [0.5, 0.6) is 0 Å². The molecule has 2 rings (SSSR count). The number of rotatable bonds is 7. The van der Waals surface area contributed by atoms with E-state index in [1.54, 1.807) is 0 Å². The molecule has 0 spiro atoms. The van der Waals surface area contributed by atoms with Crippen LogP contribution in [0.1, 0.15) is 27.4 Å². The van der Waals surface area contributed by atoms with Crippen molar-refractivity contribution < 1.29 is 49.1 Å². The Hall–Kier alpha value is -2.16. The Morgan fingerprint density at radius 2 is 1.41 bits per heavy atom. The summed E-state index contributed by atoms with van der Waals surface area (Å²) in [4.78, 5) is 23.8. The largest absolute Gasteiger partial charge is 0.417 e. The molecule has 1 unspecified atom stereocenters. The van der Waals surface area contributed by atoms with E-state index in [1.807, 2.05) is 5.32 Å². The third kappa shape index (κ3) is 9.19. The minimum Gasteiger partial charge on any atom is -0.343 e. The Bertz CT molecular complexity index is 1230. The maximum Gasteiger partial charge on any atom is 0.417 e. The third-order valence-electron chi connectivity index (χ3n) is 4.81. The minimum atomic E-state index is -5.82. The van der Waals surface area contributed by atoms with Crippen LogP contribution >= 0.6 is 50.7 Å². The number of carbonyl (C=O) groups is 2. The number of carbonyl (C=O) groups excluding carboxylic acids is 2. The molecule has 0 saturated carbocycles. The molecule has 2 aromatic carbocycles. The molecule has 2 amide bonds. The van der Waals surface area contributed by atoms with Crippen LogP contribution in [0.3, 0.4) is 0 Å². The molecule has 0 aliphatic rings. The van der Waals surface area contributed by atoms with Crippen molar-refractivity contribution in [1.82, 2.24) is 10.6 Å². The first kappa shape index (κ1) is 33.0. The van der Waals surface area contributed by atoms with Crippen molar-refractivity contribution >= 4 is 68.6 Å². The highest BCUT2D eigenvalue weighted by atomic mass is 79.9. The quantitative estimate of drug-likeness (QED) is 0.228. The summed E-state index contributed by atoms with van der Waals surface area (Å²) in [5, 5.41) is 2.10. The lowest BCUT2D eigenvalue weighted by Gasteiger charge is -2.23. The Morgan fingerprint density at radius 1 is 0.872 bits per heavy atom. The van der Waals surface area contributed by atoms with Crippen LogP contribution in [0.2, 0.25) is 15.1 Å². The average molecular weight is 695 g/mol. The fourth-order valence-electron chi connectivity index (χ4n) is 3.01. The minimum absolute atomic E-state index is 0.00726. The molecule has 0 aliphatic heterocycles. The smallest absolute Gasteiger partial charge is 0.343 e. The van der Waals surface area contributed by atoms with Crippen LogP contribution in [-0.4, -0.2) is 42.9 Å². The van der Waals surface area contributed by atoms with E-state index >= 15 is 0 Å². The van der Waals surface area contributed by atoms with Gasteiger partial charge >= 0.3 is 18.5 Å². The number of hydrogen-bond acceptors (Lipinski definition) is 2. The summed E-state index contributed by atoms with van der Waals surface area (Å²) < 4.78 is 116. The number of hydrogen-bond donors (Lipinski definition) is 2. The molecule has 2 N–H and O–H groups in total. The summed E-state index contributed by atoms with van der Waals surface area (Å²) in [6.07, 6.45) is -14.5. The molecule has 0 aliphatic carbocycles. The van der Waals surface area contributed by atoms with E-state index in [-0.39, 0.29) is 36.2 Å². The zero-order chi connectivity index (χ0) is 29.9. The molecule has 0 saturated heterocycles. The second-order valence-corrected chi connectivity index (χ2v) is 9.73. The number of alkyl halides is 9. The average Bonchev–Trinajstić information content (AvgIpc) is 2.77. The molecule has 0 bridgehead atoms. The second-order valence-electron chi connectivity index (χ2n) is 7.68. The van der Waals surface area contributed by atoms with Crippen molar-refractivity contribution in [2.45, 2.75) is 30.5 Å². The van der Waals surface area contributed by atoms with E-state index < -0.39 is 48.8 Å². The lowest BCUT2D eigenvalue weighted by atomic mass is 9.97. The fourth-order valence-corrected chi connectivity index (χ4v) is 4.20.